The molecule has 0 fully saturated rings. The Morgan fingerprint density at radius 3 is 2.43 bits per heavy atom. The fourth-order valence-corrected chi connectivity index (χ4v) is 3.86. The molecule has 0 aliphatic carbocycles. The van der Waals surface area contributed by atoms with Crippen molar-refractivity contribution in [1.82, 2.24) is 19.7 Å². The largest absolute Gasteiger partial charge is 0.497 e. The molecule has 5 rings (SSSR count). The Hall–Kier alpha value is -4.92. The lowest BCUT2D eigenvalue weighted by atomic mass is 10.1. The van der Waals surface area contributed by atoms with Gasteiger partial charge in [0.2, 0.25) is 5.82 Å². The summed E-state index contributed by atoms with van der Waals surface area (Å²) in [6, 6.07) is 20.5. The van der Waals surface area contributed by atoms with Gasteiger partial charge in [0.1, 0.15) is 17.2 Å². The summed E-state index contributed by atoms with van der Waals surface area (Å²) in [6.07, 6.45) is 3.58. The van der Waals surface area contributed by atoms with E-state index in [2.05, 4.69) is 20.4 Å². The Bertz CT molecular complexity index is 1520. The minimum Gasteiger partial charge on any atom is -0.497 e. The molecule has 5 aromatic rings. The minimum atomic E-state index is -0.256. The molecule has 0 aliphatic heterocycles. The van der Waals surface area contributed by atoms with Crippen molar-refractivity contribution in [3.8, 4) is 34.5 Å². The van der Waals surface area contributed by atoms with Gasteiger partial charge in [0.25, 0.3) is 11.8 Å². The molecule has 0 saturated heterocycles. The summed E-state index contributed by atoms with van der Waals surface area (Å²) in [4.78, 5) is 21.6. The summed E-state index contributed by atoms with van der Waals surface area (Å²) in [6.45, 7) is 2.60. The number of hydrogen-bond donors (Lipinski definition) is 1. The van der Waals surface area contributed by atoms with E-state index in [0.29, 0.717) is 46.7 Å². The molecule has 1 N–H and O–H groups in total. The quantitative estimate of drug-likeness (QED) is 0.314. The average Bonchev–Trinajstić information content (AvgIpc) is 3.60. The fraction of sp³-hybridized carbons (Fsp3) is 0.143. The monoisotopic (exact) mass is 495 g/mol. The van der Waals surface area contributed by atoms with Gasteiger partial charge in [0, 0.05) is 35.6 Å². The number of carbonyl (C=O) groups is 1. The number of anilines is 1. The first-order valence-electron chi connectivity index (χ1n) is 11.6. The van der Waals surface area contributed by atoms with Crippen molar-refractivity contribution in [1.29, 1.82) is 0 Å². The van der Waals surface area contributed by atoms with E-state index in [1.54, 1.807) is 38.7 Å². The summed E-state index contributed by atoms with van der Waals surface area (Å²) in [5.74, 6) is 1.74. The number of aromatic nitrogens is 4. The molecular weight excluding hydrogens is 470 g/mol. The first-order valence-corrected chi connectivity index (χ1v) is 11.6. The lowest BCUT2D eigenvalue weighted by Gasteiger charge is -2.10. The lowest BCUT2D eigenvalue weighted by molar-refractivity contribution is 0.102. The van der Waals surface area contributed by atoms with Crippen LogP contribution in [0.15, 0.2) is 83.8 Å². The summed E-state index contributed by atoms with van der Waals surface area (Å²) >= 11 is 0. The molecule has 0 bridgehead atoms. The van der Waals surface area contributed by atoms with Crippen LogP contribution in [-0.4, -0.2) is 39.8 Å². The molecular formula is C28H25N5O4. The van der Waals surface area contributed by atoms with Crippen LogP contribution < -0.4 is 14.8 Å². The van der Waals surface area contributed by atoms with Gasteiger partial charge in [-0.15, -0.1) is 0 Å². The van der Waals surface area contributed by atoms with Crippen LogP contribution >= 0.6 is 0 Å². The number of methoxy groups -OCH3 is 2. The fourth-order valence-electron chi connectivity index (χ4n) is 3.86. The number of benzene rings is 3. The SMILES string of the molecule is COc1cc(OC)cc(C(=O)Nc2ccc(Cn3cnc(-c4nc(-c5ccccc5C)no4)c3)cc2)c1. The van der Waals surface area contributed by atoms with E-state index in [9.17, 15) is 4.79 Å². The van der Waals surface area contributed by atoms with Gasteiger partial charge in [-0.05, 0) is 42.3 Å². The third-order valence-corrected chi connectivity index (χ3v) is 5.85. The number of hydrogen-bond acceptors (Lipinski definition) is 7. The second-order valence-electron chi connectivity index (χ2n) is 8.42. The topological polar surface area (TPSA) is 104 Å². The number of amides is 1. The highest BCUT2D eigenvalue weighted by Crippen LogP contribution is 2.25. The van der Waals surface area contributed by atoms with E-state index >= 15 is 0 Å². The third-order valence-electron chi connectivity index (χ3n) is 5.85. The van der Waals surface area contributed by atoms with Crippen LogP contribution in [0, 0.1) is 6.92 Å². The molecule has 0 aliphatic rings. The highest BCUT2D eigenvalue weighted by molar-refractivity contribution is 6.04. The van der Waals surface area contributed by atoms with Crippen LogP contribution in [-0.2, 0) is 6.54 Å². The van der Waals surface area contributed by atoms with Crippen molar-refractivity contribution in [2.45, 2.75) is 13.5 Å². The molecule has 3 aromatic carbocycles. The van der Waals surface area contributed by atoms with E-state index < -0.39 is 0 Å². The second kappa shape index (κ2) is 10.4. The predicted molar refractivity (Wildman–Crippen MR) is 139 cm³/mol. The average molecular weight is 496 g/mol. The highest BCUT2D eigenvalue weighted by atomic mass is 16.5. The van der Waals surface area contributed by atoms with Crippen molar-refractivity contribution < 1.29 is 18.8 Å². The highest BCUT2D eigenvalue weighted by Gasteiger charge is 2.15. The lowest BCUT2D eigenvalue weighted by Crippen LogP contribution is -2.12. The van der Waals surface area contributed by atoms with E-state index in [0.717, 1.165) is 16.7 Å². The molecule has 0 saturated carbocycles. The third kappa shape index (κ3) is 5.35. The normalized spacial score (nSPS) is 10.8. The maximum Gasteiger partial charge on any atom is 0.278 e. The Balaban J connectivity index is 1.24. The number of aryl methyl sites for hydroxylation is 1. The molecule has 9 heteroatoms. The van der Waals surface area contributed by atoms with Crippen LogP contribution in [0.2, 0.25) is 0 Å². The van der Waals surface area contributed by atoms with Gasteiger partial charge in [0.15, 0.2) is 0 Å². The number of nitrogens with one attached hydrogen (secondary N) is 1. The molecule has 0 unspecified atom stereocenters. The maximum atomic E-state index is 12.7. The molecule has 2 aromatic heterocycles. The molecule has 2 heterocycles. The van der Waals surface area contributed by atoms with E-state index in [-0.39, 0.29) is 5.91 Å². The van der Waals surface area contributed by atoms with Crippen LogP contribution in [0.4, 0.5) is 5.69 Å². The first-order chi connectivity index (χ1) is 18.0. The van der Waals surface area contributed by atoms with Gasteiger partial charge in [-0.25, -0.2) is 4.98 Å². The van der Waals surface area contributed by atoms with Crippen LogP contribution in [0.25, 0.3) is 23.0 Å². The van der Waals surface area contributed by atoms with Crippen LogP contribution in [0.1, 0.15) is 21.5 Å². The summed E-state index contributed by atoms with van der Waals surface area (Å²) < 4.78 is 17.9. The summed E-state index contributed by atoms with van der Waals surface area (Å²) in [7, 11) is 3.09. The molecule has 0 spiro atoms. The van der Waals surface area contributed by atoms with Gasteiger partial charge >= 0.3 is 0 Å². The molecule has 1 amide bonds. The maximum absolute atomic E-state index is 12.7. The standard InChI is InChI=1S/C28H25N5O4/c1-18-6-4-5-7-24(18)26-31-28(37-32-26)25-16-33(17-29-25)15-19-8-10-21(11-9-19)30-27(34)20-12-22(35-2)14-23(13-20)36-3/h4-14,16-17H,15H2,1-3H3,(H,30,34). The van der Waals surface area contributed by atoms with Crippen molar-refractivity contribution in [3.05, 3.63) is 95.9 Å². The minimum absolute atomic E-state index is 0.256. The molecule has 0 radical (unpaired) electrons. The number of imidazole rings is 1. The van der Waals surface area contributed by atoms with Crippen LogP contribution in [0.3, 0.4) is 0 Å². The van der Waals surface area contributed by atoms with E-state index in [4.69, 9.17) is 14.0 Å². The zero-order valence-electron chi connectivity index (χ0n) is 20.6. The molecule has 186 valence electrons. The Morgan fingerprint density at radius 2 is 1.73 bits per heavy atom. The van der Waals surface area contributed by atoms with Crippen molar-refractivity contribution in [2.24, 2.45) is 0 Å². The number of ether oxygens (including phenoxy) is 2. The summed E-state index contributed by atoms with van der Waals surface area (Å²) in [5, 5.41) is 7.01. The summed E-state index contributed by atoms with van der Waals surface area (Å²) in [5.41, 5.74) is 4.76. The zero-order chi connectivity index (χ0) is 25.8. The Morgan fingerprint density at radius 1 is 1.00 bits per heavy atom. The Labute approximate surface area is 213 Å². The smallest absolute Gasteiger partial charge is 0.278 e. The van der Waals surface area contributed by atoms with Crippen molar-refractivity contribution >= 4 is 11.6 Å². The second-order valence-corrected chi connectivity index (χ2v) is 8.42. The van der Waals surface area contributed by atoms with Crippen LogP contribution in [0.5, 0.6) is 11.5 Å². The van der Waals surface area contributed by atoms with Gasteiger partial charge in [-0.3, -0.25) is 4.79 Å². The Kier molecular flexibility index (Phi) is 6.67. The van der Waals surface area contributed by atoms with Gasteiger partial charge in [-0.2, -0.15) is 4.98 Å². The zero-order valence-corrected chi connectivity index (χ0v) is 20.6. The number of carbonyl (C=O) groups excluding carboxylic acids is 1. The van der Waals surface area contributed by atoms with E-state index in [1.807, 2.05) is 66.2 Å². The number of nitrogens with zero attached hydrogens (tertiary/aromatic N) is 4. The van der Waals surface area contributed by atoms with E-state index in [1.165, 1.54) is 0 Å². The molecule has 0 atom stereocenters. The molecule has 37 heavy (non-hydrogen) atoms. The van der Waals surface area contributed by atoms with Crippen molar-refractivity contribution in [2.75, 3.05) is 19.5 Å². The number of rotatable bonds is 8. The van der Waals surface area contributed by atoms with Gasteiger partial charge in [-0.1, -0.05) is 41.6 Å². The van der Waals surface area contributed by atoms with Crippen molar-refractivity contribution in [3.63, 3.8) is 0 Å². The first kappa shape index (κ1) is 23.8. The van der Waals surface area contributed by atoms with Gasteiger partial charge < -0.3 is 23.9 Å². The molecule has 9 nitrogen and oxygen atoms in total. The van der Waals surface area contributed by atoms with Gasteiger partial charge in [0.05, 0.1) is 20.5 Å². The predicted octanol–water partition coefficient (Wildman–Crippen LogP) is 5.23.